The number of carboxylic acid groups (broad SMARTS) is 1. The Kier molecular flexibility index (Phi) is 29.3. The van der Waals surface area contributed by atoms with E-state index in [0.717, 1.165) is 72.9 Å². The summed E-state index contributed by atoms with van der Waals surface area (Å²) in [6, 6.07) is 17.8. The molecule has 0 saturated heterocycles. The molecule has 0 aliphatic heterocycles. The van der Waals surface area contributed by atoms with Crippen molar-refractivity contribution < 1.29 is 38.8 Å². The van der Waals surface area contributed by atoms with Gasteiger partial charge in [0, 0.05) is 5.69 Å². The fraction of sp³-hybridized carbons (Fsp3) is 0.540. The van der Waals surface area contributed by atoms with E-state index in [1.165, 1.54) is 90.2 Å². The maximum absolute atomic E-state index is 11.9. The number of nitrogens with two attached hydrogens (primary N) is 1. The molecule has 4 N–H and O–H groups in total. The number of methoxy groups -OCH3 is 1. The molecule has 0 unspecified atom stereocenters. The van der Waals surface area contributed by atoms with E-state index >= 15 is 0 Å². The van der Waals surface area contributed by atoms with Crippen molar-refractivity contribution in [1.82, 2.24) is 0 Å². The molecule has 0 saturated carbocycles. The van der Waals surface area contributed by atoms with Gasteiger partial charge < -0.3 is 30.2 Å². The normalized spacial score (nSPS) is 10.8. The summed E-state index contributed by atoms with van der Waals surface area (Å²) in [6.07, 6.45) is 23.7. The molecule has 0 atom stereocenters. The van der Waals surface area contributed by atoms with Gasteiger partial charge in [0.2, 0.25) is 5.76 Å². The Morgan fingerprint density at radius 3 is 1.66 bits per heavy atom. The Morgan fingerprint density at radius 1 is 0.644 bits per heavy atom. The van der Waals surface area contributed by atoms with Gasteiger partial charge in [-0.25, -0.2) is 14.4 Å². The largest absolute Gasteiger partial charge is 0.507 e. The number of hydrogen-bond acceptors (Lipinski definition) is 8. The number of esters is 2. The lowest BCUT2D eigenvalue weighted by Gasteiger charge is -2.14. The molecule has 0 fully saturated rings. The summed E-state index contributed by atoms with van der Waals surface area (Å²) in [5.41, 5.74) is 11.0. The minimum atomic E-state index is -0.850. The average Bonchev–Trinajstić information content (AvgIpc) is 3.23. The average molecular weight is 818 g/mol. The molecule has 0 aromatic heterocycles. The van der Waals surface area contributed by atoms with Crippen molar-refractivity contribution in [3.8, 4) is 5.75 Å². The van der Waals surface area contributed by atoms with E-state index < -0.39 is 17.9 Å². The van der Waals surface area contributed by atoms with Crippen molar-refractivity contribution in [3.63, 3.8) is 0 Å². The van der Waals surface area contributed by atoms with Crippen LogP contribution in [0.1, 0.15) is 179 Å². The van der Waals surface area contributed by atoms with Gasteiger partial charge in [0.15, 0.2) is 0 Å². The van der Waals surface area contributed by atoms with Crippen LogP contribution in [-0.4, -0.2) is 48.4 Å². The van der Waals surface area contributed by atoms with Crippen LogP contribution in [0.4, 0.5) is 5.69 Å². The number of nitrogen functional groups attached to an aromatic ring is 1. The lowest BCUT2D eigenvalue weighted by molar-refractivity contribution is -0.142. The molecule has 9 heteroatoms. The van der Waals surface area contributed by atoms with Crippen molar-refractivity contribution in [1.29, 1.82) is 0 Å². The number of hydrogen-bond donors (Lipinski definition) is 3. The number of rotatable bonds is 26. The summed E-state index contributed by atoms with van der Waals surface area (Å²) >= 11 is 0. The summed E-state index contributed by atoms with van der Waals surface area (Å²) in [7, 11) is 1.49. The van der Waals surface area contributed by atoms with Gasteiger partial charge in [0.05, 0.1) is 25.9 Å². The quantitative estimate of drug-likeness (QED) is 0.0237. The first kappa shape index (κ1) is 52.2. The highest BCUT2D eigenvalue weighted by Gasteiger charge is 2.16. The summed E-state index contributed by atoms with van der Waals surface area (Å²) in [5.74, 6) is -1.47. The van der Waals surface area contributed by atoms with Crippen LogP contribution in [0, 0.1) is 13.8 Å². The number of benzene rings is 3. The lowest BCUT2D eigenvalue weighted by Crippen LogP contribution is -2.10. The van der Waals surface area contributed by atoms with Crippen molar-refractivity contribution in [2.45, 2.75) is 157 Å². The highest BCUT2D eigenvalue weighted by Crippen LogP contribution is 2.27. The zero-order valence-corrected chi connectivity index (χ0v) is 37.1. The fourth-order valence-corrected chi connectivity index (χ4v) is 6.43. The van der Waals surface area contributed by atoms with E-state index in [1.54, 1.807) is 30.3 Å². The van der Waals surface area contributed by atoms with Crippen molar-refractivity contribution in [3.05, 3.63) is 99.8 Å². The van der Waals surface area contributed by atoms with Crippen molar-refractivity contribution in [2.24, 2.45) is 0 Å². The third-order valence-electron chi connectivity index (χ3n) is 10.1. The Balaban J connectivity index is 0.000000444. The topological polar surface area (TPSA) is 145 Å². The molecule has 3 aromatic carbocycles. The molecule has 0 bridgehead atoms. The van der Waals surface area contributed by atoms with Gasteiger partial charge in [-0.15, -0.1) is 0 Å². The highest BCUT2D eigenvalue weighted by molar-refractivity contribution is 5.93. The Hall–Kier alpha value is -4.79. The number of carbonyl (C=O) groups is 3. The summed E-state index contributed by atoms with van der Waals surface area (Å²) in [6.45, 7) is 11.3. The first-order chi connectivity index (χ1) is 28.5. The number of ether oxygens (including phenoxy) is 3. The number of unbranched alkanes of at least 4 members (excludes halogenated alkanes) is 15. The number of aromatic hydroxyl groups is 1. The first-order valence-electron chi connectivity index (χ1n) is 22.1. The second kappa shape index (κ2) is 33.1. The summed E-state index contributed by atoms with van der Waals surface area (Å²) < 4.78 is 15.5. The molecule has 0 radical (unpaired) electrons. The molecule has 0 spiro atoms. The minimum absolute atomic E-state index is 0.0227. The van der Waals surface area contributed by atoms with E-state index in [-0.39, 0.29) is 17.1 Å². The van der Waals surface area contributed by atoms with Crippen LogP contribution in [0.25, 0.3) is 6.08 Å². The molecule has 0 amide bonds. The Bertz CT molecular complexity index is 1640. The van der Waals surface area contributed by atoms with E-state index in [4.69, 9.17) is 19.9 Å². The van der Waals surface area contributed by atoms with Crippen LogP contribution in [0.2, 0.25) is 0 Å². The van der Waals surface area contributed by atoms with Crippen LogP contribution in [-0.2, 0) is 25.4 Å². The minimum Gasteiger partial charge on any atom is -0.507 e. The van der Waals surface area contributed by atoms with Crippen LogP contribution in [0.5, 0.6) is 5.75 Å². The van der Waals surface area contributed by atoms with Crippen LogP contribution >= 0.6 is 0 Å². The number of aryl methyl sites for hydroxylation is 1. The second-order valence-electron chi connectivity index (χ2n) is 15.0. The number of aromatic carboxylic acids is 1. The number of phenols is 1. The van der Waals surface area contributed by atoms with E-state index in [1.807, 2.05) is 44.2 Å². The molecule has 59 heavy (non-hydrogen) atoms. The predicted molar refractivity (Wildman–Crippen MR) is 242 cm³/mol. The second-order valence-corrected chi connectivity index (χ2v) is 15.0. The van der Waals surface area contributed by atoms with Gasteiger partial charge in [0.1, 0.15) is 11.3 Å². The number of carbonyl (C=O) groups excluding carboxylic acids is 2. The van der Waals surface area contributed by atoms with Crippen LogP contribution in [0.15, 0.2) is 66.4 Å². The van der Waals surface area contributed by atoms with Gasteiger partial charge in [-0.05, 0) is 86.1 Å². The molecule has 328 valence electrons. The molecule has 0 heterocycles. The monoisotopic (exact) mass is 818 g/mol. The van der Waals surface area contributed by atoms with Crippen LogP contribution < -0.4 is 5.73 Å². The SMILES string of the molecule is CCCCCCCCOC(=O)C(=Cc1ccccc1)OC.CCCCCCCCOC(=O)c1ccccc1O.CCCCCCCCc1c(C(=O)O)cc(C)c(N)c1C. The maximum atomic E-state index is 11.9. The van der Waals surface area contributed by atoms with E-state index in [9.17, 15) is 24.6 Å². The van der Waals surface area contributed by atoms with Gasteiger partial charge in [-0.2, -0.15) is 0 Å². The summed E-state index contributed by atoms with van der Waals surface area (Å²) in [5, 5.41) is 18.8. The summed E-state index contributed by atoms with van der Waals surface area (Å²) in [4.78, 5) is 34.9. The van der Waals surface area contributed by atoms with Crippen molar-refractivity contribution >= 4 is 29.7 Å². The number of carboxylic acids is 1. The standard InChI is InChI=1S/C18H26O3.C17H27NO2.C15H22O3/c1-3-4-5-6-7-11-14-21-18(19)17(20-2)15-16-12-9-8-10-13-16;1-4-5-6-7-8-9-10-14-13(3)16(18)12(2)11-15(14)17(19)20;1-2-3-4-5-6-9-12-18-15(17)13-10-7-8-11-14(13)16/h8-10,12-13,15H,3-7,11,14H2,1-2H3;11H,4-10,18H2,1-3H3,(H,19,20);7-8,10-11,16H,2-6,9,12H2,1H3. The molecular formula is C50H75NO8. The first-order valence-corrected chi connectivity index (χ1v) is 22.1. The molecule has 3 rings (SSSR count). The molecule has 3 aromatic rings. The Morgan fingerprint density at radius 2 is 1.14 bits per heavy atom. The zero-order valence-electron chi connectivity index (χ0n) is 37.1. The predicted octanol–water partition coefficient (Wildman–Crippen LogP) is 13.0. The zero-order chi connectivity index (χ0) is 43.7. The van der Waals surface area contributed by atoms with E-state index in [0.29, 0.717) is 18.8 Å². The third-order valence-corrected chi connectivity index (χ3v) is 10.1. The van der Waals surface area contributed by atoms with E-state index in [2.05, 4.69) is 20.8 Å². The van der Waals surface area contributed by atoms with Gasteiger partial charge in [-0.3, -0.25) is 0 Å². The van der Waals surface area contributed by atoms with Gasteiger partial charge in [0.25, 0.3) is 0 Å². The molecule has 0 aliphatic rings. The van der Waals surface area contributed by atoms with Crippen molar-refractivity contribution in [2.75, 3.05) is 26.1 Å². The Labute approximate surface area is 355 Å². The molecule has 9 nitrogen and oxygen atoms in total. The third kappa shape index (κ3) is 22.8. The molecule has 0 aliphatic carbocycles. The lowest BCUT2D eigenvalue weighted by atomic mass is 9.92. The smallest absolute Gasteiger partial charge is 0.373 e. The highest BCUT2D eigenvalue weighted by atomic mass is 16.6. The molecular weight excluding hydrogens is 743 g/mol. The maximum Gasteiger partial charge on any atom is 0.373 e. The van der Waals surface area contributed by atoms with Crippen LogP contribution in [0.3, 0.4) is 0 Å². The van der Waals surface area contributed by atoms with Gasteiger partial charge in [-0.1, -0.05) is 160 Å². The number of phenolic OH excluding ortho intramolecular Hbond substituents is 1. The number of anilines is 1. The van der Waals surface area contributed by atoms with Gasteiger partial charge >= 0.3 is 17.9 Å². The fourth-order valence-electron chi connectivity index (χ4n) is 6.43. The number of para-hydroxylation sites is 1.